The van der Waals surface area contributed by atoms with E-state index < -0.39 is 6.10 Å². The molecule has 3 rings (SSSR count). The van der Waals surface area contributed by atoms with E-state index in [1.807, 2.05) is 50.2 Å². The normalized spacial score (nSPS) is 12.0. The molecule has 0 radical (unpaired) electrons. The largest absolute Gasteiger partial charge is 0.387 e. The summed E-state index contributed by atoms with van der Waals surface area (Å²) in [6.45, 7) is 3.94. The van der Waals surface area contributed by atoms with Crippen LogP contribution in [0.1, 0.15) is 33.3 Å². The molecule has 0 fully saturated rings. The van der Waals surface area contributed by atoms with Crippen LogP contribution in [0.4, 0.5) is 0 Å². The van der Waals surface area contributed by atoms with E-state index in [1.165, 1.54) is 6.20 Å². The summed E-state index contributed by atoms with van der Waals surface area (Å²) < 4.78 is 1.69. The predicted octanol–water partition coefficient (Wildman–Crippen LogP) is 2.35. The Morgan fingerprint density at radius 2 is 2.00 bits per heavy atom. The average Bonchev–Trinajstić information content (AvgIpc) is 3.01. The monoisotopic (exact) mass is 336 g/mol. The molecule has 0 aliphatic carbocycles. The summed E-state index contributed by atoms with van der Waals surface area (Å²) in [5.74, 6) is -0.260. The molecule has 2 heterocycles. The van der Waals surface area contributed by atoms with Crippen LogP contribution in [-0.4, -0.2) is 32.3 Å². The van der Waals surface area contributed by atoms with E-state index in [2.05, 4.69) is 15.4 Å². The van der Waals surface area contributed by atoms with Crippen molar-refractivity contribution in [3.05, 3.63) is 77.4 Å². The number of rotatable bonds is 5. The number of pyridine rings is 1. The van der Waals surface area contributed by atoms with Gasteiger partial charge in [-0.25, -0.2) is 4.68 Å². The van der Waals surface area contributed by atoms with Crippen LogP contribution >= 0.6 is 0 Å². The first-order chi connectivity index (χ1) is 12.1. The molecule has 3 aromatic rings. The molecule has 0 spiro atoms. The molecule has 1 amide bonds. The minimum Gasteiger partial charge on any atom is -0.387 e. The van der Waals surface area contributed by atoms with Crippen molar-refractivity contribution in [3.8, 4) is 5.69 Å². The molecular formula is C19H20N4O2. The standard InChI is InChI=1S/C19H20N4O2/c1-13-4-3-5-15(10-13)18(24)12-21-19(25)17-11-22-23(14(17)2)16-6-8-20-9-7-16/h3-11,18,24H,12H2,1-2H3,(H,21,25). The zero-order chi connectivity index (χ0) is 17.8. The van der Waals surface area contributed by atoms with Crippen molar-refractivity contribution in [2.75, 3.05) is 6.54 Å². The van der Waals surface area contributed by atoms with Crippen molar-refractivity contribution in [3.63, 3.8) is 0 Å². The highest BCUT2D eigenvalue weighted by molar-refractivity contribution is 5.95. The molecular weight excluding hydrogens is 316 g/mol. The molecule has 1 aromatic carbocycles. The van der Waals surface area contributed by atoms with E-state index in [0.717, 1.165) is 22.5 Å². The molecule has 2 N–H and O–H groups in total. The fourth-order valence-electron chi connectivity index (χ4n) is 2.66. The van der Waals surface area contributed by atoms with Crippen LogP contribution in [0, 0.1) is 13.8 Å². The Bertz CT molecular complexity index is 874. The summed E-state index contributed by atoms with van der Waals surface area (Å²) in [6, 6.07) is 11.2. The van der Waals surface area contributed by atoms with Crippen LogP contribution in [0.2, 0.25) is 0 Å². The SMILES string of the molecule is Cc1cccc(C(O)CNC(=O)c2cnn(-c3ccncc3)c2C)c1. The topological polar surface area (TPSA) is 80.0 Å². The van der Waals surface area contributed by atoms with E-state index in [0.29, 0.717) is 5.56 Å². The van der Waals surface area contributed by atoms with Gasteiger partial charge in [-0.2, -0.15) is 5.10 Å². The van der Waals surface area contributed by atoms with Crippen molar-refractivity contribution in [1.29, 1.82) is 0 Å². The van der Waals surface area contributed by atoms with E-state index in [-0.39, 0.29) is 12.5 Å². The van der Waals surface area contributed by atoms with Crippen molar-refractivity contribution < 1.29 is 9.90 Å². The lowest BCUT2D eigenvalue weighted by Gasteiger charge is -2.13. The Hall–Kier alpha value is -2.99. The van der Waals surface area contributed by atoms with Gasteiger partial charge in [-0.15, -0.1) is 0 Å². The van der Waals surface area contributed by atoms with Crippen LogP contribution < -0.4 is 5.32 Å². The minimum absolute atomic E-state index is 0.141. The molecule has 6 nitrogen and oxygen atoms in total. The molecule has 0 saturated heterocycles. The van der Waals surface area contributed by atoms with E-state index in [1.54, 1.807) is 17.1 Å². The highest BCUT2D eigenvalue weighted by Gasteiger charge is 2.16. The Morgan fingerprint density at radius 3 is 2.72 bits per heavy atom. The first-order valence-electron chi connectivity index (χ1n) is 8.04. The second-order valence-corrected chi connectivity index (χ2v) is 5.90. The van der Waals surface area contributed by atoms with Gasteiger partial charge in [0.25, 0.3) is 5.91 Å². The molecule has 6 heteroatoms. The van der Waals surface area contributed by atoms with Gasteiger partial charge in [-0.05, 0) is 31.5 Å². The summed E-state index contributed by atoms with van der Waals surface area (Å²) in [6.07, 6.45) is 4.13. The van der Waals surface area contributed by atoms with E-state index >= 15 is 0 Å². The van der Waals surface area contributed by atoms with E-state index in [4.69, 9.17) is 0 Å². The van der Waals surface area contributed by atoms with Crippen LogP contribution in [0.3, 0.4) is 0 Å². The van der Waals surface area contributed by atoms with Gasteiger partial charge >= 0.3 is 0 Å². The Morgan fingerprint density at radius 1 is 1.24 bits per heavy atom. The molecule has 0 bridgehead atoms. The van der Waals surface area contributed by atoms with Gasteiger partial charge in [0.2, 0.25) is 0 Å². The van der Waals surface area contributed by atoms with Gasteiger partial charge in [-0.3, -0.25) is 9.78 Å². The molecule has 0 aliphatic heterocycles. The van der Waals surface area contributed by atoms with Gasteiger partial charge in [0, 0.05) is 18.9 Å². The molecule has 1 unspecified atom stereocenters. The maximum atomic E-state index is 12.4. The summed E-state index contributed by atoms with van der Waals surface area (Å²) in [4.78, 5) is 16.4. The van der Waals surface area contributed by atoms with Gasteiger partial charge in [0.05, 0.1) is 29.2 Å². The number of nitrogens with one attached hydrogen (secondary N) is 1. The van der Waals surface area contributed by atoms with Gasteiger partial charge in [0.1, 0.15) is 0 Å². The molecule has 0 aliphatic rings. The minimum atomic E-state index is -0.751. The Balaban J connectivity index is 1.69. The first-order valence-corrected chi connectivity index (χ1v) is 8.04. The molecule has 0 saturated carbocycles. The molecule has 1 atom stereocenters. The average molecular weight is 336 g/mol. The summed E-state index contributed by atoms with van der Waals surface area (Å²) >= 11 is 0. The number of aliphatic hydroxyl groups excluding tert-OH is 1. The number of amides is 1. The Kier molecular flexibility index (Phi) is 4.90. The molecule has 128 valence electrons. The van der Waals surface area contributed by atoms with Crippen molar-refractivity contribution >= 4 is 5.91 Å². The fourth-order valence-corrected chi connectivity index (χ4v) is 2.66. The lowest BCUT2D eigenvalue weighted by molar-refractivity contribution is 0.0915. The number of aromatic nitrogens is 3. The lowest BCUT2D eigenvalue weighted by Crippen LogP contribution is -2.28. The van der Waals surface area contributed by atoms with Gasteiger partial charge < -0.3 is 10.4 Å². The second-order valence-electron chi connectivity index (χ2n) is 5.90. The lowest BCUT2D eigenvalue weighted by atomic mass is 10.1. The molecule has 25 heavy (non-hydrogen) atoms. The summed E-state index contributed by atoms with van der Waals surface area (Å²) in [7, 11) is 0. The van der Waals surface area contributed by atoms with Crippen LogP contribution in [0.15, 0.2) is 55.0 Å². The maximum Gasteiger partial charge on any atom is 0.254 e. The van der Waals surface area contributed by atoms with E-state index in [9.17, 15) is 9.90 Å². The highest BCUT2D eigenvalue weighted by Crippen LogP contribution is 2.15. The first kappa shape index (κ1) is 16.9. The zero-order valence-electron chi connectivity index (χ0n) is 14.2. The summed E-state index contributed by atoms with van der Waals surface area (Å²) in [5, 5.41) is 17.3. The second kappa shape index (κ2) is 7.27. The third-order valence-electron chi connectivity index (χ3n) is 4.04. The number of hydrogen-bond acceptors (Lipinski definition) is 4. The fraction of sp³-hybridized carbons (Fsp3) is 0.211. The van der Waals surface area contributed by atoms with Crippen LogP contribution in [-0.2, 0) is 0 Å². The number of carbonyl (C=O) groups is 1. The molecule has 2 aromatic heterocycles. The van der Waals surface area contributed by atoms with Crippen LogP contribution in [0.5, 0.6) is 0 Å². The number of aryl methyl sites for hydroxylation is 1. The van der Waals surface area contributed by atoms with Crippen LogP contribution in [0.25, 0.3) is 5.69 Å². The van der Waals surface area contributed by atoms with Crippen molar-refractivity contribution in [1.82, 2.24) is 20.1 Å². The summed E-state index contributed by atoms with van der Waals surface area (Å²) in [5.41, 5.74) is 3.90. The van der Waals surface area contributed by atoms with Gasteiger partial charge in [-0.1, -0.05) is 29.8 Å². The quantitative estimate of drug-likeness (QED) is 0.749. The number of hydrogen-bond donors (Lipinski definition) is 2. The number of benzene rings is 1. The van der Waals surface area contributed by atoms with Gasteiger partial charge in [0.15, 0.2) is 0 Å². The highest BCUT2D eigenvalue weighted by atomic mass is 16.3. The third kappa shape index (κ3) is 3.75. The maximum absolute atomic E-state index is 12.4. The van der Waals surface area contributed by atoms with Crippen molar-refractivity contribution in [2.24, 2.45) is 0 Å². The Labute approximate surface area is 146 Å². The number of nitrogens with zero attached hydrogens (tertiary/aromatic N) is 3. The predicted molar refractivity (Wildman–Crippen MR) is 94.6 cm³/mol. The smallest absolute Gasteiger partial charge is 0.254 e. The number of carbonyl (C=O) groups excluding carboxylic acids is 1. The number of aliphatic hydroxyl groups is 1. The van der Waals surface area contributed by atoms with Crippen molar-refractivity contribution in [2.45, 2.75) is 20.0 Å². The third-order valence-corrected chi connectivity index (χ3v) is 4.04. The zero-order valence-corrected chi connectivity index (χ0v) is 14.2.